The van der Waals surface area contributed by atoms with E-state index in [0.29, 0.717) is 17.2 Å². The molecule has 0 radical (unpaired) electrons. The van der Waals surface area contributed by atoms with Crippen LogP contribution in [-0.2, 0) is 0 Å². The number of hydrogen-bond donors (Lipinski definition) is 1. The Hall–Kier alpha value is -3.09. The second-order valence-corrected chi connectivity index (χ2v) is 5.68. The molecule has 0 bridgehead atoms. The second kappa shape index (κ2) is 7.03. The van der Waals surface area contributed by atoms with Crippen LogP contribution in [0, 0.1) is 0 Å². The molecule has 138 valence electrons. The number of carbonyl (C=O) groups excluding carboxylic acids is 1. The molecule has 0 saturated heterocycles. The minimum atomic E-state index is -0.506. The van der Waals surface area contributed by atoms with Crippen molar-refractivity contribution in [3.8, 4) is 34.5 Å². The Morgan fingerprint density at radius 2 is 1.65 bits per heavy atom. The number of hydrogen-bond acceptors (Lipinski definition) is 7. The highest BCUT2D eigenvalue weighted by atomic mass is 16.5. The standard InChI is InChI=1S/C19H20O7/c1-22-12-6-5-10(7-14(12)23-2)13-8-11(20)17-15(26-13)9-16(24-3)18(21)19(17)25-4/h5-7,9,13,21H,8H2,1-4H3/t13-/m1/s1. The van der Waals surface area contributed by atoms with Crippen molar-refractivity contribution >= 4 is 5.78 Å². The highest BCUT2D eigenvalue weighted by Crippen LogP contribution is 2.49. The lowest BCUT2D eigenvalue weighted by Crippen LogP contribution is -2.21. The maximum atomic E-state index is 12.7. The van der Waals surface area contributed by atoms with E-state index in [1.54, 1.807) is 26.4 Å². The van der Waals surface area contributed by atoms with Crippen molar-refractivity contribution in [2.24, 2.45) is 0 Å². The normalized spacial score (nSPS) is 15.7. The molecule has 0 unspecified atom stereocenters. The van der Waals surface area contributed by atoms with E-state index in [1.165, 1.54) is 20.3 Å². The summed E-state index contributed by atoms with van der Waals surface area (Å²) in [4.78, 5) is 12.7. The van der Waals surface area contributed by atoms with E-state index in [4.69, 9.17) is 23.7 Å². The first-order valence-electron chi connectivity index (χ1n) is 7.93. The van der Waals surface area contributed by atoms with Gasteiger partial charge in [-0.15, -0.1) is 0 Å². The van der Waals surface area contributed by atoms with E-state index in [-0.39, 0.29) is 35.0 Å². The van der Waals surface area contributed by atoms with Crippen molar-refractivity contribution in [1.82, 2.24) is 0 Å². The van der Waals surface area contributed by atoms with Gasteiger partial charge in [-0.2, -0.15) is 0 Å². The number of ketones is 1. The molecule has 0 amide bonds. The third kappa shape index (κ3) is 2.85. The van der Waals surface area contributed by atoms with Gasteiger partial charge in [-0.05, 0) is 17.7 Å². The molecular weight excluding hydrogens is 340 g/mol. The lowest BCUT2D eigenvalue weighted by atomic mass is 9.95. The van der Waals surface area contributed by atoms with Gasteiger partial charge in [0.05, 0.1) is 34.9 Å². The minimum Gasteiger partial charge on any atom is -0.502 e. The van der Waals surface area contributed by atoms with Crippen molar-refractivity contribution in [2.75, 3.05) is 28.4 Å². The fourth-order valence-electron chi connectivity index (χ4n) is 3.02. The molecule has 0 aromatic heterocycles. The summed E-state index contributed by atoms with van der Waals surface area (Å²) >= 11 is 0. The maximum absolute atomic E-state index is 12.7. The first-order valence-corrected chi connectivity index (χ1v) is 7.93. The quantitative estimate of drug-likeness (QED) is 0.877. The van der Waals surface area contributed by atoms with Gasteiger partial charge in [-0.25, -0.2) is 0 Å². The first kappa shape index (κ1) is 17.7. The van der Waals surface area contributed by atoms with Gasteiger partial charge in [0.15, 0.2) is 28.8 Å². The van der Waals surface area contributed by atoms with Gasteiger partial charge in [-0.1, -0.05) is 6.07 Å². The van der Waals surface area contributed by atoms with Crippen LogP contribution < -0.4 is 23.7 Å². The molecule has 1 atom stereocenters. The van der Waals surface area contributed by atoms with Gasteiger partial charge in [0.1, 0.15) is 17.4 Å². The number of phenols is 1. The van der Waals surface area contributed by atoms with E-state index in [9.17, 15) is 9.90 Å². The Morgan fingerprint density at radius 1 is 0.962 bits per heavy atom. The highest BCUT2D eigenvalue weighted by Gasteiger charge is 2.34. The van der Waals surface area contributed by atoms with Gasteiger partial charge < -0.3 is 28.8 Å². The Morgan fingerprint density at radius 3 is 2.27 bits per heavy atom. The third-order valence-corrected chi connectivity index (χ3v) is 4.31. The number of fused-ring (bicyclic) bond motifs is 1. The van der Waals surface area contributed by atoms with Crippen LogP contribution in [0.1, 0.15) is 28.4 Å². The summed E-state index contributed by atoms with van der Waals surface area (Å²) in [7, 11) is 5.89. The molecule has 0 aliphatic carbocycles. The molecule has 1 aliphatic rings. The van der Waals surface area contributed by atoms with E-state index >= 15 is 0 Å². The average molecular weight is 360 g/mol. The number of Topliss-reactive ketones (excluding diaryl/α,β-unsaturated/α-hetero) is 1. The van der Waals surface area contributed by atoms with Crippen molar-refractivity contribution in [3.63, 3.8) is 0 Å². The minimum absolute atomic E-state index is 0.0510. The van der Waals surface area contributed by atoms with E-state index in [1.807, 2.05) is 6.07 Å². The molecule has 2 aromatic rings. The van der Waals surface area contributed by atoms with Crippen molar-refractivity contribution in [3.05, 3.63) is 35.4 Å². The summed E-state index contributed by atoms with van der Waals surface area (Å²) in [5.41, 5.74) is 0.982. The van der Waals surface area contributed by atoms with Crippen LogP contribution in [0.4, 0.5) is 0 Å². The first-order chi connectivity index (χ1) is 12.5. The zero-order valence-corrected chi connectivity index (χ0v) is 15.0. The predicted molar refractivity (Wildman–Crippen MR) is 93.1 cm³/mol. The van der Waals surface area contributed by atoms with Crippen molar-refractivity contribution in [1.29, 1.82) is 0 Å². The van der Waals surface area contributed by atoms with Gasteiger partial charge in [-0.3, -0.25) is 4.79 Å². The molecule has 1 heterocycles. The molecule has 26 heavy (non-hydrogen) atoms. The number of benzene rings is 2. The Balaban J connectivity index is 2.04. The highest BCUT2D eigenvalue weighted by molar-refractivity contribution is 6.03. The molecular formula is C19H20O7. The van der Waals surface area contributed by atoms with Crippen LogP contribution in [0.2, 0.25) is 0 Å². The van der Waals surface area contributed by atoms with Crippen molar-refractivity contribution < 1.29 is 33.6 Å². The summed E-state index contributed by atoms with van der Waals surface area (Å²) < 4.78 is 26.9. The van der Waals surface area contributed by atoms with E-state index < -0.39 is 6.10 Å². The predicted octanol–water partition coefficient (Wildman–Crippen LogP) is 3.13. The third-order valence-electron chi connectivity index (χ3n) is 4.31. The summed E-state index contributed by atoms with van der Waals surface area (Å²) in [6, 6.07) is 6.84. The maximum Gasteiger partial charge on any atom is 0.201 e. The van der Waals surface area contributed by atoms with Crippen LogP contribution in [-0.4, -0.2) is 39.3 Å². The van der Waals surface area contributed by atoms with Gasteiger partial charge >= 0.3 is 0 Å². The number of phenolic OH excluding ortho intramolecular Hbond substituents is 1. The molecule has 0 fully saturated rings. The number of ether oxygens (including phenoxy) is 5. The Bertz CT molecular complexity index is 844. The van der Waals surface area contributed by atoms with Crippen LogP contribution in [0.3, 0.4) is 0 Å². The number of rotatable bonds is 5. The molecule has 1 aliphatic heterocycles. The van der Waals surface area contributed by atoms with Gasteiger partial charge in [0.2, 0.25) is 5.75 Å². The Kier molecular flexibility index (Phi) is 4.79. The van der Waals surface area contributed by atoms with Gasteiger partial charge in [0, 0.05) is 6.07 Å². The molecule has 3 rings (SSSR count). The van der Waals surface area contributed by atoms with Crippen LogP contribution in [0.25, 0.3) is 0 Å². The van der Waals surface area contributed by atoms with Gasteiger partial charge in [0.25, 0.3) is 0 Å². The monoisotopic (exact) mass is 360 g/mol. The SMILES string of the molecule is COc1ccc([C@H]2CC(=O)c3c(cc(OC)c(O)c3OC)O2)cc1OC. The van der Waals surface area contributed by atoms with E-state index in [2.05, 4.69) is 0 Å². The average Bonchev–Trinajstić information content (AvgIpc) is 2.67. The fraction of sp³-hybridized carbons (Fsp3) is 0.316. The molecule has 2 aromatic carbocycles. The van der Waals surface area contributed by atoms with Crippen LogP contribution in [0.15, 0.2) is 24.3 Å². The lowest BCUT2D eigenvalue weighted by Gasteiger charge is -2.28. The largest absolute Gasteiger partial charge is 0.502 e. The zero-order chi connectivity index (χ0) is 18.8. The zero-order valence-electron chi connectivity index (χ0n) is 15.0. The molecule has 0 saturated carbocycles. The topological polar surface area (TPSA) is 83.5 Å². The Labute approximate surface area is 151 Å². The molecule has 7 nitrogen and oxygen atoms in total. The molecule has 7 heteroatoms. The molecule has 1 N–H and O–H groups in total. The summed E-state index contributed by atoms with van der Waals surface area (Å²) in [6.45, 7) is 0. The van der Waals surface area contributed by atoms with E-state index in [0.717, 1.165) is 5.56 Å². The summed E-state index contributed by atoms with van der Waals surface area (Å²) in [5, 5.41) is 10.2. The second-order valence-electron chi connectivity index (χ2n) is 5.68. The van der Waals surface area contributed by atoms with Crippen molar-refractivity contribution in [2.45, 2.75) is 12.5 Å². The summed E-state index contributed by atoms with van der Waals surface area (Å²) in [6.07, 6.45) is -0.404. The van der Waals surface area contributed by atoms with Crippen LogP contribution in [0.5, 0.6) is 34.5 Å². The number of carbonyl (C=O) groups is 1. The van der Waals surface area contributed by atoms with Crippen LogP contribution >= 0.6 is 0 Å². The number of aromatic hydroxyl groups is 1. The lowest BCUT2D eigenvalue weighted by molar-refractivity contribution is 0.0842. The fourth-order valence-corrected chi connectivity index (χ4v) is 3.02. The number of methoxy groups -OCH3 is 4. The summed E-state index contributed by atoms with van der Waals surface area (Å²) in [5.74, 6) is 1.24. The molecule has 0 spiro atoms. The smallest absolute Gasteiger partial charge is 0.201 e.